The van der Waals surface area contributed by atoms with Gasteiger partial charge in [0.2, 0.25) is 0 Å². The average Bonchev–Trinajstić information content (AvgIpc) is 3.11. The second kappa shape index (κ2) is 7.71. The van der Waals surface area contributed by atoms with Crippen LogP contribution in [-0.4, -0.2) is 20.9 Å². The third-order valence-corrected chi connectivity index (χ3v) is 4.69. The van der Waals surface area contributed by atoms with Crippen molar-refractivity contribution in [2.45, 2.75) is 12.2 Å². The molecule has 0 aliphatic carbocycles. The molecule has 0 spiro atoms. The van der Waals surface area contributed by atoms with Gasteiger partial charge in [0.25, 0.3) is 5.91 Å². The number of benzene rings is 2. The number of carbonyl (C=O) groups excluding carboxylic acids is 1. The lowest BCUT2D eigenvalue weighted by atomic mass is 10.00. The molecule has 0 bridgehead atoms. The van der Waals surface area contributed by atoms with Gasteiger partial charge in [0.05, 0.1) is 22.6 Å². The molecule has 1 atom stereocenters. The number of rotatable bonds is 4. The maximum absolute atomic E-state index is 14.4. The second-order valence-electron chi connectivity index (χ2n) is 6.74. The summed E-state index contributed by atoms with van der Waals surface area (Å²) >= 11 is 0. The number of nitrogens with zero attached hydrogens (tertiary/aromatic N) is 1. The van der Waals surface area contributed by atoms with Crippen LogP contribution in [-0.2, 0) is 6.18 Å². The lowest BCUT2D eigenvalue weighted by molar-refractivity contribution is -0.137. The number of aromatic nitrogens is 3. The van der Waals surface area contributed by atoms with Gasteiger partial charge in [0.15, 0.2) is 0 Å². The number of nitrogens with one attached hydrogen (secondary N) is 3. The Bertz CT molecular complexity index is 1310. The van der Waals surface area contributed by atoms with Gasteiger partial charge in [-0.3, -0.25) is 9.78 Å². The number of amides is 1. The van der Waals surface area contributed by atoms with Gasteiger partial charge >= 0.3 is 11.9 Å². The summed E-state index contributed by atoms with van der Waals surface area (Å²) in [7, 11) is 0. The van der Waals surface area contributed by atoms with Crippen molar-refractivity contribution in [2.24, 2.45) is 0 Å². The zero-order chi connectivity index (χ0) is 22.2. The Balaban J connectivity index is 1.71. The van der Waals surface area contributed by atoms with E-state index in [1.807, 2.05) is 0 Å². The molecule has 31 heavy (non-hydrogen) atoms. The zero-order valence-corrected chi connectivity index (χ0v) is 15.6. The standard InChI is InChI=1S/C21H14F4N4O2/c22-14-2-1-9-26-18(14)17(11-3-6-13(7-4-11)21(23,24)25)29-19(30)12-5-8-15-16(10-12)28-20(31)27-15/h1-10,17H,(H,29,30)(H2,27,28,31)/t17-/m0/s1. The Kier molecular flexibility index (Phi) is 5.05. The Hall–Kier alpha value is -3.95. The average molecular weight is 430 g/mol. The van der Waals surface area contributed by atoms with Crippen molar-refractivity contribution < 1.29 is 22.4 Å². The SMILES string of the molecule is O=C(N[C@@H](c1ccc(C(F)(F)F)cc1)c1ncccc1F)c1ccc2[nH]c(=O)[nH]c2c1. The van der Waals surface area contributed by atoms with E-state index < -0.39 is 35.2 Å². The van der Waals surface area contributed by atoms with Crippen LogP contribution < -0.4 is 11.0 Å². The first-order chi connectivity index (χ1) is 14.7. The number of H-pyrrole nitrogens is 2. The number of alkyl halides is 3. The molecule has 0 fully saturated rings. The van der Waals surface area contributed by atoms with Crippen LogP contribution in [0.2, 0.25) is 0 Å². The van der Waals surface area contributed by atoms with Crippen LogP contribution in [0.3, 0.4) is 0 Å². The molecule has 2 aromatic carbocycles. The fourth-order valence-electron chi connectivity index (χ4n) is 3.17. The molecule has 0 aliphatic rings. The highest BCUT2D eigenvalue weighted by Crippen LogP contribution is 2.31. The summed E-state index contributed by atoms with van der Waals surface area (Å²) in [5, 5.41) is 2.61. The smallest absolute Gasteiger partial charge is 0.339 e. The third-order valence-electron chi connectivity index (χ3n) is 4.69. The van der Waals surface area contributed by atoms with Crippen LogP contribution in [0.4, 0.5) is 17.6 Å². The van der Waals surface area contributed by atoms with Gasteiger partial charge in [-0.05, 0) is 48.0 Å². The molecular weight excluding hydrogens is 416 g/mol. The van der Waals surface area contributed by atoms with Crippen molar-refractivity contribution in [3.05, 3.63) is 99.5 Å². The lowest BCUT2D eigenvalue weighted by Crippen LogP contribution is -2.30. The summed E-state index contributed by atoms with van der Waals surface area (Å²) in [4.78, 5) is 33.3. The molecule has 1 amide bonds. The molecular formula is C21H14F4N4O2. The van der Waals surface area contributed by atoms with Gasteiger partial charge in [0, 0.05) is 11.8 Å². The minimum atomic E-state index is -4.53. The van der Waals surface area contributed by atoms with Crippen LogP contribution in [0.5, 0.6) is 0 Å². The van der Waals surface area contributed by atoms with E-state index in [2.05, 4.69) is 20.3 Å². The minimum Gasteiger partial charge on any atom is -0.339 e. The van der Waals surface area contributed by atoms with Crippen molar-refractivity contribution in [3.8, 4) is 0 Å². The second-order valence-corrected chi connectivity index (χ2v) is 6.74. The van der Waals surface area contributed by atoms with E-state index in [0.717, 1.165) is 30.3 Å². The van der Waals surface area contributed by atoms with E-state index in [0.29, 0.717) is 11.0 Å². The van der Waals surface area contributed by atoms with Crippen molar-refractivity contribution in [3.63, 3.8) is 0 Å². The fraction of sp³-hybridized carbons (Fsp3) is 0.0952. The summed E-state index contributed by atoms with van der Waals surface area (Å²) in [6.45, 7) is 0. The highest BCUT2D eigenvalue weighted by atomic mass is 19.4. The molecule has 0 radical (unpaired) electrons. The third kappa shape index (κ3) is 4.18. The van der Waals surface area contributed by atoms with Gasteiger partial charge in [-0.15, -0.1) is 0 Å². The van der Waals surface area contributed by atoms with Gasteiger partial charge in [0.1, 0.15) is 11.5 Å². The van der Waals surface area contributed by atoms with E-state index in [-0.39, 0.29) is 16.8 Å². The van der Waals surface area contributed by atoms with Crippen molar-refractivity contribution >= 4 is 16.9 Å². The summed E-state index contributed by atoms with van der Waals surface area (Å²) in [5.41, 5.74) is -0.183. The molecule has 0 aliphatic heterocycles. The topological polar surface area (TPSA) is 90.6 Å². The van der Waals surface area contributed by atoms with Crippen LogP contribution in [0, 0.1) is 5.82 Å². The molecule has 3 N–H and O–H groups in total. The molecule has 0 saturated carbocycles. The first-order valence-corrected chi connectivity index (χ1v) is 9.03. The maximum atomic E-state index is 14.4. The van der Waals surface area contributed by atoms with Gasteiger partial charge in [-0.25, -0.2) is 9.18 Å². The fourth-order valence-corrected chi connectivity index (χ4v) is 3.17. The number of halogens is 4. The van der Waals surface area contributed by atoms with Gasteiger partial charge in [-0.2, -0.15) is 13.2 Å². The number of imidazole rings is 1. The van der Waals surface area contributed by atoms with E-state index in [1.165, 1.54) is 30.5 Å². The van der Waals surface area contributed by atoms with Crippen LogP contribution in [0.15, 0.2) is 65.6 Å². The predicted octanol–water partition coefficient (Wildman–Crippen LogP) is 3.93. The first kappa shape index (κ1) is 20.3. The highest BCUT2D eigenvalue weighted by Gasteiger charge is 2.31. The van der Waals surface area contributed by atoms with E-state index in [9.17, 15) is 27.2 Å². The number of carbonyl (C=O) groups is 1. The molecule has 4 rings (SSSR count). The zero-order valence-electron chi connectivity index (χ0n) is 15.6. The van der Waals surface area contributed by atoms with E-state index >= 15 is 0 Å². The normalized spacial score (nSPS) is 12.6. The molecule has 10 heteroatoms. The number of aromatic amines is 2. The van der Waals surface area contributed by atoms with Crippen molar-refractivity contribution in [2.75, 3.05) is 0 Å². The van der Waals surface area contributed by atoms with Crippen molar-refractivity contribution in [1.82, 2.24) is 20.3 Å². The molecule has 2 heterocycles. The lowest BCUT2D eigenvalue weighted by Gasteiger charge is -2.20. The minimum absolute atomic E-state index is 0.147. The molecule has 158 valence electrons. The first-order valence-electron chi connectivity index (χ1n) is 9.03. The van der Waals surface area contributed by atoms with Crippen LogP contribution in [0.1, 0.15) is 33.2 Å². The quantitative estimate of drug-likeness (QED) is 0.429. The molecule has 0 unspecified atom stereocenters. The number of hydrogen-bond acceptors (Lipinski definition) is 3. The molecule has 0 saturated heterocycles. The van der Waals surface area contributed by atoms with Gasteiger partial charge in [-0.1, -0.05) is 12.1 Å². The Morgan fingerprint density at radius 1 is 1.00 bits per heavy atom. The Labute approximate surface area is 172 Å². The summed E-state index contributed by atoms with van der Waals surface area (Å²) < 4.78 is 53.1. The monoisotopic (exact) mass is 430 g/mol. The highest BCUT2D eigenvalue weighted by molar-refractivity contribution is 5.97. The Morgan fingerprint density at radius 2 is 1.71 bits per heavy atom. The summed E-state index contributed by atoms with van der Waals surface area (Å²) in [6, 6.07) is 9.80. The summed E-state index contributed by atoms with van der Waals surface area (Å²) in [6.07, 6.45) is -3.21. The molecule has 6 nitrogen and oxygen atoms in total. The number of pyridine rings is 1. The molecule has 4 aromatic rings. The van der Waals surface area contributed by atoms with Gasteiger partial charge < -0.3 is 15.3 Å². The maximum Gasteiger partial charge on any atom is 0.416 e. The summed E-state index contributed by atoms with van der Waals surface area (Å²) in [5.74, 6) is -1.35. The number of fused-ring (bicyclic) bond motifs is 1. The van der Waals surface area contributed by atoms with Crippen LogP contribution >= 0.6 is 0 Å². The van der Waals surface area contributed by atoms with Crippen molar-refractivity contribution in [1.29, 1.82) is 0 Å². The number of hydrogen-bond donors (Lipinski definition) is 3. The Morgan fingerprint density at radius 3 is 2.39 bits per heavy atom. The molecule has 2 aromatic heterocycles. The van der Waals surface area contributed by atoms with E-state index in [1.54, 1.807) is 0 Å². The van der Waals surface area contributed by atoms with E-state index in [4.69, 9.17) is 0 Å². The van der Waals surface area contributed by atoms with Crippen LogP contribution in [0.25, 0.3) is 11.0 Å². The predicted molar refractivity (Wildman–Crippen MR) is 104 cm³/mol. The largest absolute Gasteiger partial charge is 0.416 e.